The monoisotopic (exact) mass is 240 g/mol. The maximum Gasteiger partial charge on any atom is 0.0524 e. The topological polar surface area (TPSA) is 35.5 Å². The lowest BCUT2D eigenvalue weighted by atomic mass is 10.0. The summed E-state index contributed by atoms with van der Waals surface area (Å²) in [6, 6.07) is 0.650. The molecule has 3 nitrogen and oxygen atoms in total. The van der Waals surface area contributed by atoms with Gasteiger partial charge in [0.15, 0.2) is 0 Å². The van der Waals surface area contributed by atoms with E-state index in [0.717, 1.165) is 19.5 Å². The molecule has 0 aromatic carbocycles. The summed E-state index contributed by atoms with van der Waals surface area (Å²) in [6.07, 6.45) is 5.45. The minimum atomic E-state index is -0.180. The fourth-order valence-corrected chi connectivity index (χ4v) is 2.13. The summed E-state index contributed by atoms with van der Waals surface area (Å²) in [4.78, 5) is 2.51. The molecule has 3 heteroatoms. The maximum absolute atomic E-state index is 9.19. The van der Waals surface area contributed by atoms with E-state index >= 15 is 0 Å². The molecule has 0 radical (unpaired) electrons. The maximum atomic E-state index is 9.19. The fourth-order valence-electron chi connectivity index (χ4n) is 2.13. The molecule has 0 saturated carbocycles. The van der Waals surface area contributed by atoms with E-state index in [1.165, 1.54) is 31.5 Å². The van der Waals surface area contributed by atoms with Crippen LogP contribution in [0.1, 0.15) is 40.0 Å². The van der Waals surface area contributed by atoms with Gasteiger partial charge in [-0.1, -0.05) is 11.6 Å². The van der Waals surface area contributed by atoms with Crippen molar-refractivity contribution in [2.75, 3.05) is 26.2 Å². The predicted molar refractivity (Wildman–Crippen MR) is 73.2 cm³/mol. The first-order valence-electron chi connectivity index (χ1n) is 6.85. The van der Waals surface area contributed by atoms with Crippen molar-refractivity contribution in [1.82, 2.24) is 10.2 Å². The smallest absolute Gasteiger partial charge is 0.0524 e. The van der Waals surface area contributed by atoms with Gasteiger partial charge in [0.05, 0.1) is 6.10 Å². The zero-order valence-corrected chi connectivity index (χ0v) is 11.6. The third-order valence-corrected chi connectivity index (χ3v) is 3.34. The lowest BCUT2D eigenvalue weighted by molar-refractivity contribution is 0.174. The summed E-state index contributed by atoms with van der Waals surface area (Å²) in [6.45, 7) is 10.6. The van der Waals surface area contributed by atoms with Crippen molar-refractivity contribution in [2.24, 2.45) is 0 Å². The van der Waals surface area contributed by atoms with E-state index in [1.807, 2.05) is 6.92 Å². The van der Waals surface area contributed by atoms with E-state index in [4.69, 9.17) is 0 Å². The Bertz CT molecular complexity index is 226. The fraction of sp³-hybridized carbons (Fsp3) is 0.857. The molecule has 17 heavy (non-hydrogen) atoms. The number of nitrogens with zero attached hydrogens (tertiary/aromatic N) is 1. The number of hydrogen-bond acceptors (Lipinski definition) is 3. The van der Waals surface area contributed by atoms with E-state index < -0.39 is 0 Å². The molecule has 1 heterocycles. The highest BCUT2D eigenvalue weighted by molar-refractivity contribution is 4.95. The van der Waals surface area contributed by atoms with Gasteiger partial charge in [-0.25, -0.2) is 0 Å². The Labute approximate surface area is 106 Å². The third kappa shape index (κ3) is 6.81. The minimum Gasteiger partial charge on any atom is -0.393 e. The van der Waals surface area contributed by atoms with Gasteiger partial charge in [-0.2, -0.15) is 0 Å². The molecule has 0 aliphatic carbocycles. The van der Waals surface area contributed by atoms with E-state index in [1.54, 1.807) is 0 Å². The molecule has 1 aliphatic heterocycles. The second-order valence-corrected chi connectivity index (χ2v) is 5.45. The Morgan fingerprint density at radius 2 is 2.06 bits per heavy atom. The van der Waals surface area contributed by atoms with E-state index in [2.05, 4.69) is 30.1 Å². The molecule has 1 fully saturated rings. The van der Waals surface area contributed by atoms with Crippen molar-refractivity contribution in [2.45, 2.75) is 52.2 Å². The molecule has 0 aromatic heterocycles. The van der Waals surface area contributed by atoms with Gasteiger partial charge in [-0.15, -0.1) is 0 Å². The van der Waals surface area contributed by atoms with E-state index in [9.17, 15) is 5.11 Å². The molecular formula is C14H28N2O. The van der Waals surface area contributed by atoms with Crippen molar-refractivity contribution in [3.63, 3.8) is 0 Å². The van der Waals surface area contributed by atoms with Crippen molar-refractivity contribution < 1.29 is 5.11 Å². The lowest BCUT2D eigenvalue weighted by Crippen LogP contribution is -2.43. The highest BCUT2D eigenvalue weighted by atomic mass is 16.3. The van der Waals surface area contributed by atoms with Crippen LogP contribution in [0, 0.1) is 0 Å². The normalized spacial score (nSPS) is 20.2. The molecule has 2 N–H and O–H groups in total. The Balaban J connectivity index is 2.11. The summed E-state index contributed by atoms with van der Waals surface area (Å²) in [5.41, 5.74) is 1.40. The molecule has 0 aromatic rings. The van der Waals surface area contributed by atoms with Crippen molar-refractivity contribution in [3.05, 3.63) is 11.6 Å². The molecule has 1 atom stereocenters. The van der Waals surface area contributed by atoms with Gasteiger partial charge in [0.25, 0.3) is 0 Å². The number of piperidine rings is 1. The number of likely N-dealkylation sites (tertiary alicyclic amines) is 1. The number of rotatable bonds is 6. The van der Waals surface area contributed by atoms with Gasteiger partial charge in [-0.05, 0) is 59.7 Å². The van der Waals surface area contributed by atoms with Crippen LogP contribution in [0.3, 0.4) is 0 Å². The van der Waals surface area contributed by atoms with Crippen molar-refractivity contribution >= 4 is 0 Å². The van der Waals surface area contributed by atoms with Crippen LogP contribution in [-0.2, 0) is 0 Å². The number of aliphatic hydroxyl groups excluding tert-OH is 1. The zero-order valence-electron chi connectivity index (χ0n) is 11.6. The van der Waals surface area contributed by atoms with Crippen molar-refractivity contribution in [3.8, 4) is 0 Å². The minimum absolute atomic E-state index is 0.180. The molecular weight excluding hydrogens is 212 g/mol. The van der Waals surface area contributed by atoms with Crippen LogP contribution in [0.2, 0.25) is 0 Å². The van der Waals surface area contributed by atoms with Crippen LogP contribution < -0.4 is 5.32 Å². The molecule has 0 spiro atoms. The molecule has 0 bridgehead atoms. The van der Waals surface area contributed by atoms with Crippen LogP contribution in [0.5, 0.6) is 0 Å². The first kappa shape index (κ1) is 14.7. The van der Waals surface area contributed by atoms with Gasteiger partial charge >= 0.3 is 0 Å². The third-order valence-electron chi connectivity index (χ3n) is 3.34. The standard InChI is InChI=1S/C14H28N2O/c1-12(2)5-9-16-10-6-14(7-11-16)15-8-4-13(3)17/h5,13-15,17H,4,6-11H2,1-3H3. The Hall–Kier alpha value is -0.380. The quantitative estimate of drug-likeness (QED) is 0.695. The van der Waals surface area contributed by atoms with Crippen LogP contribution in [0.4, 0.5) is 0 Å². The summed E-state index contributed by atoms with van der Waals surface area (Å²) in [5.74, 6) is 0. The number of nitrogens with one attached hydrogen (secondary N) is 1. The predicted octanol–water partition coefficient (Wildman–Crippen LogP) is 1.78. The first-order valence-corrected chi connectivity index (χ1v) is 6.85. The number of hydrogen-bond donors (Lipinski definition) is 2. The van der Waals surface area contributed by atoms with Crippen LogP contribution in [0.15, 0.2) is 11.6 Å². The summed E-state index contributed by atoms with van der Waals surface area (Å²) in [7, 11) is 0. The molecule has 1 unspecified atom stereocenters. The number of aliphatic hydroxyl groups is 1. The van der Waals surface area contributed by atoms with Crippen molar-refractivity contribution in [1.29, 1.82) is 0 Å². The first-order chi connectivity index (χ1) is 8.08. The second-order valence-electron chi connectivity index (χ2n) is 5.45. The Kier molecular flexibility index (Phi) is 6.78. The second kappa shape index (κ2) is 7.85. The summed E-state index contributed by atoms with van der Waals surface area (Å²) < 4.78 is 0. The summed E-state index contributed by atoms with van der Waals surface area (Å²) >= 11 is 0. The lowest BCUT2D eigenvalue weighted by Gasteiger charge is -2.32. The number of allylic oxidation sites excluding steroid dienone is 1. The van der Waals surface area contributed by atoms with Gasteiger partial charge in [0, 0.05) is 12.6 Å². The van der Waals surface area contributed by atoms with Gasteiger partial charge in [0.2, 0.25) is 0 Å². The van der Waals surface area contributed by atoms with E-state index in [-0.39, 0.29) is 6.10 Å². The van der Waals surface area contributed by atoms with Gasteiger partial charge in [-0.3, -0.25) is 4.90 Å². The van der Waals surface area contributed by atoms with Crippen LogP contribution >= 0.6 is 0 Å². The van der Waals surface area contributed by atoms with Gasteiger partial charge < -0.3 is 10.4 Å². The largest absolute Gasteiger partial charge is 0.393 e. The highest BCUT2D eigenvalue weighted by Gasteiger charge is 2.17. The SMILES string of the molecule is CC(C)=CCN1CCC(NCCC(C)O)CC1. The average Bonchev–Trinajstić information content (AvgIpc) is 2.27. The average molecular weight is 240 g/mol. The van der Waals surface area contributed by atoms with E-state index in [0.29, 0.717) is 6.04 Å². The summed E-state index contributed by atoms with van der Waals surface area (Å²) in [5, 5.41) is 12.7. The molecule has 1 aliphatic rings. The molecule has 1 saturated heterocycles. The molecule has 0 amide bonds. The van der Waals surface area contributed by atoms with Crippen LogP contribution in [-0.4, -0.2) is 48.3 Å². The highest BCUT2D eigenvalue weighted by Crippen LogP contribution is 2.10. The Morgan fingerprint density at radius 1 is 1.41 bits per heavy atom. The molecule has 1 rings (SSSR count). The Morgan fingerprint density at radius 3 is 2.59 bits per heavy atom. The van der Waals surface area contributed by atoms with Gasteiger partial charge in [0.1, 0.15) is 0 Å². The molecule has 100 valence electrons. The van der Waals surface area contributed by atoms with Crippen LogP contribution in [0.25, 0.3) is 0 Å². The zero-order chi connectivity index (χ0) is 12.7.